The van der Waals surface area contributed by atoms with Crippen LogP contribution in [0.5, 0.6) is 0 Å². The first-order valence-electron chi connectivity index (χ1n) is 6.73. The molecule has 0 aliphatic carbocycles. The Morgan fingerprint density at radius 2 is 1.95 bits per heavy atom. The zero-order valence-electron chi connectivity index (χ0n) is 11.5. The van der Waals surface area contributed by atoms with Gasteiger partial charge in [0.1, 0.15) is 0 Å². The molecule has 1 aromatic heterocycles. The second-order valence-corrected chi connectivity index (χ2v) is 4.69. The fraction of sp³-hybridized carbons (Fsp3) is 0.333. The van der Waals surface area contributed by atoms with E-state index in [0.29, 0.717) is 19.5 Å². The van der Waals surface area contributed by atoms with Gasteiger partial charge in [-0.25, -0.2) is 0 Å². The Hall–Kier alpha value is -2.30. The van der Waals surface area contributed by atoms with E-state index in [4.69, 9.17) is 0 Å². The van der Waals surface area contributed by atoms with Crippen molar-refractivity contribution in [3.8, 4) is 0 Å². The van der Waals surface area contributed by atoms with Crippen molar-refractivity contribution in [3.05, 3.63) is 36.0 Å². The van der Waals surface area contributed by atoms with Crippen LogP contribution in [0.25, 0.3) is 10.9 Å². The molecule has 0 bridgehead atoms. The number of aromatic amines is 1. The molecule has 0 aliphatic rings. The second kappa shape index (κ2) is 6.75. The van der Waals surface area contributed by atoms with Crippen LogP contribution in [-0.4, -0.2) is 29.9 Å². The largest absolute Gasteiger partial charge is 0.361 e. The highest BCUT2D eigenvalue weighted by molar-refractivity contribution is 5.83. The molecule has 0 aliphatic heterocycles. The third kappa shape index (κ3) is 3.85. The summed E-state index contributed by atoms with van der Waals surface area (Å²) in [5, 5.41) is 6.65. The number of nitrogens with one attached hydrogen (secondary N) is 3. The lowest BCUT2D eigenvalue weighted by Gasteiger charge is -2.05. The van der Waals surface area contributed by atoms with Crippen molar-refractivity contribution in [3.63, 3.8) is 0 Å². The molecule has 0 atom stereocenters. The SMILES string of the molecule is CC(=O)NCCC(=O)NCCc1c[nH]c2ccccc12. The van der Waals surface area contributed by atoms with Gasteiger partial charge >= 0.3 is 0 Å². The van der Waals surface area contributed by atoms with E-state index in [9.17, 15) is 9.59 Å². The van der Waals surface area contributed by atoms with Gasteiger partial charge in [-0.05, 0) is 18.1 Å². The lowest BCUT2D eigenvalue weighted by molar-refractivity contribution is -0.121. The van der Waals surface area contributed by atoms with Gasteiger partial charge in [0.15, 0.2) is 0 Å². The van der Waals surface area contributed by atoms with Crippen molar-refractivity contribution < 1.29 is 9.59 Å². The highest BCUT2D eigenvalue weighted by atomic mass is 16.2. The molecule has 0 unspecified atom stereocenters. The Kier molecular flexibility index (Phi) is 4.76. The van der Waals surface area contributed by atoms with Crippen molar-refractivity contribution in [2.45, 2.75) is 19.8 Å². The van der Waals surface area contributed by atoms with E-state index in [1.165, 1.54) is 17.9 Å². The smallest absolute Gasteiger partial charge is 0.221 e. The highest BCUT2D eigenvalue weighted by Crippen LogP contribution is 2.17. The first-order valence-corrected chi connectivity index (χ1v) is 6.73. The Labute approximate surface area is 117 Å². The summed E-state index contributed by atoms with van der Waals surface area (Å²) in [6.07, 6.45) is 3.08. The van der Waals surface area contributed by atoms with Gasteiger partial charge < -0.3 is 15.6 Å². The molecule has 3 N–H and O–H groups in total. The average molecular weight is 273 g/mol. The molecule has 1 heterocycles. The molecular weight excluding hydrogens is 254 g/mol. The maximum atomic E-state index is 11.5. The van der Waals surface area contributed by atoms with Crippen LogP contribution in [0, 0.1) is 0 Å². The van der Waals surface area contributed by atoms with Gasteiger partial charge in [0.05, 0.1) is 0 Å². The number of aromatic nitrogens is 1. The minimum atomic E-state index is -0.114. The molecular formula is C15H19N3O2. The number of H-pyrrole nitrogens is 1. The van der Waals surface area contributed by atoms with Crippen LogP contribution >= 0.6 is 0 Å². The standard InChI is InChI=1S/C15H19N3O2/c1-11(19)16-9-7-15(20)17-8-6-12-10-18-14-5-3-2-4-13(12)14/h2-5,10,18H,6-9H2,1H3,(H,16,19)(H,17,20). The number of fused-ring (bicyclic) bond motifs is 1. The molecule has 2 amide bonds. The van der Waals surface area contributed by atoms with Crippen LogP contribution in [0.2, 0.25) is 0 Å². The summed E-state index contributed by atoms with van der Waals surface area (Å²) in [4.78, 5) is 25.4. The number of carbonyl (C=O) groups is 2. The van der Waals surface area contributed by atoms with E-state index in [-0.39, 0.29) is 11.8 Å². The van der Waals surface area contributed by atoms with Crippen molar-refractivity contribution in [1.82, 2.24) is 15.6 Å². The van der Waals surface area contributed by atoms with E-state index in [1.54, 1.807) is 0 Å². The van der Waals surface area contributed by atoms with Crippen LogP contribution in [0.3, 0.4) is 0 Å². The van der Waals surface area contributed by atoms with Gasteiger partial charge in [-0.15, -0.1) is 0 Å². The van der Waals surface area contributed by atoms with Gasteiger partial charge in [0, 0.05) is 43.5 Å². The predicted octanol–water partition coefficient (Wildman–Crippen LogP) is 1.35. The Balaban J connectivity index is 1.75. The molecule has 0 spiro atoms. The first kappa shape index (κ1) is 14.1. The quantitative estimate of drug-likeness (QED) is 0.743. The average Bonchev–Trinajstić information content (AvgIpc) is 2.82. The summed E-state index contributed by atoms with van der Waals surface area (Å²) < 4.78 is 0. The molecule has 0 saturated carbocycles. The molecule has 5 nitrogen and oxygen atoms in total. The summed E-state index contributed by atoms with van der Waals surface area (Å²) in [5.41, 5.74) is 2.31. The number of rotatable bonds is 6. The molecule has 2 rings (SSSR count). The maximum absolute atomic E-state index is 11.5. The predicted molar refractivity (Wildman–Crippen MR) is 78.3 cm³/mol. The number of carbonyl (C=O) groups excluding carboxylic acids is 2. The van der Waals surface area contributed by atoms with Crippen molar-refractivity contribution in [1.29, 1.82) is 0 Å². The second-order valence-electron chi connectivity index (χ2n) is 4.69. The van der Waals surface area contributed by atoms with E-state index in [0.717, 1.165) is 11.9 Å². The normalized spacial score (nSPS) is 10.4. The monoisotopic (exact) mass is 273 g/mol. The van der Waals surface area contributed by atoms with Gasteiger partial charge in [0.2, 0.25) is 11.8 Å². The molecule has 2 aromatic rings. The van der Waals surface area contributed by atoms with Crippen LogP contribution in [0.15, 0.2) is 30.5 Å². The Morgan fingerprint density at radius 3 is 2.75 bits per heavy atom. The number of hydrogen-bond donors (Lipinski definition) is 3. The lowest BCUT2D eigenvalue weighted by atomic mass is 10.1. The number of benzene rings is 1. The number of amides is 2. The molecule has 0 radical (unpaired) electrons. The zero-order valence-corrected chi connectivity index (χ0v) is 11.5. The number of hydrogen-bond acceptors (Lipinski definition) is 2. The first-order chi connectivity index (χ1) is 9.66. The van der Waals surface area contributed by atoms with E-state index in [1.807, 2.05) is 24.4 Å². The van der Waals surface area contributed by atoms with Crippen molar-refractivity contribution in [2.75, 3.05) is 13.1 Å². The lowest BCUT2D eigenvalue weighted by Crippen LogP contribution is -2.30. The topological polar surface area (TPSA) is 74.0 Å². The maximum Gasteiger partial charge on any atom is 0.221 e. The van der Waals surface area contributed by atoms with Crippen LogP contribution in [0.1, 0.15) is 18.9 Å². The summed E-state index contributed by atoms with van der Waals surface area (Å²) in [6.45, 7) is 2.42. The van der Waals surface area contributed by atoms with Crippen molar-refractivity contribution in [2.24, 2.45) is 0 Å². The molecule has 0 saturated heterocycles. The van der Waals surface area contributed by atoms with E-state index in [2.05, 4.69) is 21.7 Å². The Bertz CT molecular complexity index is 604. The van der Waals surface area contributed by atoms with Crippen molar-refractivity contribution >= 4 is 22.7 Å². The van der Waals surface area contributed by atoms with Gasteiger partial charge in [0.25, 0.3) is 0 Å². The summed E-state index contributed by atoms with van der Waals surface area (Å²) in [6, 6.07) is 8.10. The minimum Gasteiger partial charge on any atom is -0.361 e. The van der Waals surface area contributed by atoms with Crippen LogP contribution in [-0.2, 0) is 16.0 Å². The summed E-state index contributed by atoms with van der Waals surface area (Å²) >= 11 is 0. The van der Waals surface area contributed by atoms with E-state index >= 15 is 0 Å². The minimum absolute atomic E-state index is 0.0430. The fourth-order valence-electron chi connectivity index (χ4n) is 2.12. The summed E-state index contributed by atoms with van der Waals surface area (Å²) in [5.74, 6) is -0.157. The molecule has 0 fully saturated rings. The van der Waals surface area contributed by atoms with Gasteiger partial charge in [-0.1, -0.05) is 18.2 Å². The van der Waals surface area contributed by atoms with Crippen LogP contribution in [0.4, 0.5) is 0 Å². The highest BCUT2D eigenvalue weighted by Gasteiger charge is 2.04. The molecule has 20 heavy (non-hydrogen) atoms. The van der Waals surface area contributed by atoms with E-state index < -0.39 is 0 Å². The third-order valence-corrected chi connectivity index (χ3v) is 3.12. The summed E-state index contributed by atoms with van der Waals surface area (Å²) in [7, 11) is 0. The molecule has 1 aromatic carbocycles. The zero-order chi connectivity index (χ0) is 14.4. The molecule has 106 valence electrons. The van der Waals surface area contributed by atoms with Crippen LogP contribution < -0.4 is 10.6 Å². The third-order valence-electron chi connectivity index (χ3n) is 3.12. The Morgan fingerprint density at radius 1 is 1.15 bits per heavy atom. The number of para-hydroxylation sites is 1. The molecule has 5 heteroatoms. The van der Waals surface area contributed by atoms with Gasteiger partial charge in [-0.2, -0.15) is 0 Å². The fourth-order valence-corrected chi connectivity index (χ4v) is 2.12. The van der Waals surface area contributed by atoms with Gasteiger partial charge in [-0.3, -0.25) is 9.59 Å².